The van der Waals surface area contributed by atoms with Crippen LogP contribution in [0.3, 0.4) is 0 Å². The normalized spacial score (nSPS) is 15.1. The Kier molecular flexibility index (Phi) is 11.5. The van der Waals surface area contributed by atoms with Crippen molar-refractivity contribution in [3.8, 4) is 11.5 Å². The van der Waals surface area contributed by atoms with Gasteiger partial charge in [-0.3, -0.25) is 0 Å². The van der Waals surface area contributed by atoms with Crippen molar-refractivity contribution in [3.05, 3.63) is 59.7 Å². The first-order valence-electron chi connectivity index (χ1n) is 11.8. The number of hydrogen-bond acceptors (Lipinski definition) is 3. The second-order valence-corrected chi connectivity index (χ2v) is 13.7. The Hall–Kier alpha value is -0.960. The van der Waals surface area contributed by atoms with Gasteiger partial charge in [0.1, 0.15) is 11.5 Å². The van der Waals surface area contributed by atoms with Crippen LogP contribution in [0.5, 0.6) is 11.5 Å². The van der Waals surface area contributed by atoms with Crippen LogP contribution in [0.1, 0.15) is 102 Å². The van der Waals surface area contributed by atoms with Crippen LogP contribution in [0.2, 0.25) is 0 Å². The van der Waals surface area contributed by atoms with E-state index in [-0.39, 0.29) is 0 Å². The summed E-state index contributed by atoms with van der Waals surface area (Å²) in [6, 6.07) is 16.4. The zero-order valence-corrected chi connectivity index (χ0v) is 22.2. The van der Waals surface area contributed by atoms with E-state index in [0.29, 0.717) is 17.6 Å². The number of hydrogen-bond donors (Lipinski definition) is 1. The fourth-order valence-electron chi connectivity index (χ4n) is 3.75. The van der Waals surface area contributed by atoms with Gasteiger partial charge in [-0.1, -0.05) is 103 Å². The second-order valence-electron chi connectivity index (χ2n) is 8.59. The minimum atomic E-state index is -2.75. The third-order valence-electron chi connectivity index (χ3n) is 5.80. The van der Waals surface area contributed by atoms with Gasteiger partial charge in [-0.05, 0) is 71.9 Å². The molecule has 172 valence electrons. The standard InChI is InChI=1S/C26H39O2PS2/c1-5-7-9-12-21(3)23-16-18-25(19-17-23)27-29(30,31)28-26-15-11-14-24(20-26)22(4)13-10-8-6-2/h11,14-22H,5-10,12-13H2,1-4H3,(H,30,31). The summed E-state index contributed by atoms with van der Waals surface area (Å²) in [5, 5.41) is 0. The molecular formula is C26H39O2PS2. The first kappa shape index (κ1) is 26.3. The van der Waals surface area contributed by atoms with Crippen LogP contribution >= 0.6 is 17.9 Å². The summed E-state index contributed by atoms with van der Waals surface area (Å²) in [5.41, 5.74) is -0.134. The van der Waals surface area contributed by atoms with E-state index < -0.39 is 5.69 Å². The summed E-state index contributed by atoms with van der Waals surface area (Å²) in [7, 11) is 0. The highest BCUT2D eigenvalue weighted by Gasteiger charge is 2.18. The SMILES string of the molecule is CCCCCC(C)c1ccc(OP(=S)(S)Oc2cccc(C(C)CCCCC)c2)cc1. The average Bonchev–Trinajstić information content (AvgIpc) is 2.74. The average molecular weight is 479 g/mol. The Labute approximate surface area is 200 Å². The van der Waals surface area contributed by atoms with E-state index in [4.69, 9.17) is 20.9 Å². The van der Waals surface area contributed by atoms with Crippen LogP contribution in [-0.2, 0) is 11.8 Å². The van der Waals surface area contributed by atoms with Crippen LogP contribution in [0.25, 0.3) is 0 Å². The van der Waals surface area contributed by atoms with Gasteiger partial charge in [0.25, 0.3) is 0 Å². The molecule has 0 N–H and O–H groups in total. The second kappa shape index (κ2) is 13.6. The molecule has 3 atom stereocenters. The van der Waals surface area contributed by atoms with Crippen LogP contribution in [0.4, 0.5) is 0 Å². The Balaban J connectivity index is 1.95. The lowest BCUT2D eigenvalue weighted by Crippen LogP contribution is -1.98. The maximum absolute atomic E-state index is 6.03. The van der Waals surface area contributed by atoms with Crippen molar-refractivity contribution < 1.29 is 9.05 Å². The summed E-state index contributed by atoms with van der Waals surface area (Å²) in [4.78, 5) is 0. The highest BCUT2D eigenvalue weighted by atomic mass is 32.9. The lowest BCUT2D eigenvalue weighted by atomic mass is 9.95. The molecule has 3 unspecified atom stereocenters. The van der Waals surface area contributed by atoms with Gasteiger partial charge in [0.05, 0.1) is 0 Å². The van der Waals surface area contributed by atoms with Gasteiger partial charge in [0.15, 0.2) is 0 Å². The molecule has 0 aliphatic rings. The molecule has 2 nitrogen and oxygen atoms in total. The van der Waals surface area contributed by atoms with Crippen molar-refractivity contribution >= 4 is 29.7 Å². The molecule has 0 saturated carbocycles. The van der Waals surface area contributed by atoms with Crippen LogP contribution < -0.4 is 9.05 Å². The van der Waals surface area contributed by atoms with Crippen LogP contribution in [0.15, 0.2) is 48.5 Å². The minimum Gasteiger partial charge on any atom is -0.428 e. The molecule has 0 spiro atoms. The molecule has 0 fully saturated rings. The van der Waals surface area contributed by atoms with E-state index in [0.717, 1.165) is 5.75 Å². The maximum atomic E-state index is 6.03. The lowest BCUT2D eigenvalue weighted by molar-refractivity contribution is 0.505. The Morgan fingerprint density at radius 3 is 1.90 bits per heavy atom. The van der Waals surface area contributed by atoms with E-state index >= 15 is 0 Å². The third-order valence-corrected chi connectivity index (χ3v) is 7.62. The zero-order valence-electron chi connectivity index (χ0n) is 19.5. The molecule has 0 aromatic heterocycles. The molecule has 31 heavy (non-hydrogen) atoms. The van der Waals surface area contributed by atoms with Crippen LogP contribution in [0, 0.1) is 0 Å². The van der Waals surface area contributed by atoms with Crippen molar-refractivity contribution in [2.45, 2.75) is 90.9 Å². The molecule has 5 heteroatoms. The van der Waals surface area contributed by atoms with E-state index in [1.54, 1.807) is 0 Å². The quantitative estimate of drug-likeness (QED) is 0.166. The largest absolute Gasteiger partial charge is 0.428 e. The number of thiol groups is 1. The fraction of sp³-hybridized carbons (Fsp3) is 0.538. The summed E-state index contributed by atoms with van der Waals surface area (Å²) < 4.78 is 12.0. The third kappa shape index (κ3) is 9.60. The van der Waals surface area contributed by atoms with Crippen molar-refractivity contribution in [1.82, 2.24) is 0 Å². The highest BCUT2D eigenvalue weighted by Crippen LogP contribution is 2.53. The highest BCUT2D eigenvalue weighted by molar-refractivity contribution is 8.60. The molecule has 0 radical (unpaired) electrons. The topological polar surface area (TPSA) is 18.5 Å². The van der Waals surface area contributed by atoms with Gasteiger partial charge in [0.2, 0.25) is 0 Å². The number of rotatable bonds is 14. The molecule has 0 bridgehead atoms. The smallest absolute Gasteiger partial charge is 0.345 e. The summed E-state index contributed by atoms with van der Waals surface area (Å²) in [5.74, 6) is 2.50. The molecule has 0 amide bonds. The van der Waals surface area contributed by atoms with Crippen molar-refractivity contribution in [2.75, 3.05) is 0 Å². The van der Waals surface area contributed by atoms with Gasteiger partial charge in [-0.25, -0.2) is 0 Å². The van der Waals surface area contributed by atoms with Crippen molar-refractivity contribution in [3.63, 3.8) is 0 Å². The van der Waals surface area contributed by atoms with Crippen molar-refractivity contribution in [2.24, 2.45) is 0 Å². The summed E-state index contributed by atoms with van der Waals surface area (Å²) in [6.45, 7) is 9.03. The van der Waals surface area contributed by atoms with E-state index in [1.165, 1.54) is 62.5 Å². The summed E-state index contributed by atoms with van der Waals surface area (Å²) >= 11 is 10.2. The van der Waals surface area contributed by atoms with Gasteiger partial charge in [0, 0.05) is 0 Å². The van der Waals surface area contributed by atoms with Gasteiger partial charge < -0.3 is 9.05 Å². The van der Waals surface area contributed by atoms with E-state index in [1.807, 2.05) is 24.3 Å². The predicted molar refractivity (Wildman–Crippen MR) is 143 cm³/mol. The Bertz CT molecular complexity index is 822. The van der Waals surface area contributed by atoms with Gasteiger partial charge in [-0.2, -0.15) is 0 Å². The monoisotopic (exact) mass is 478 g/mol. The van der Waals surface area contributed by atoms with E-state index in [9.17, 15) is 0 Å². The van der Waals surface area contributed by atoms with Gasteiger partial charge in [-0.15, -0.1) is 0 Å². The molecular weight excluding hydrogens is 439 g/mol. The molecule has 0 aliphatic heterocycles. The molecule has 2 rings (SSSR count). The number of benzene rings is 2. The molecule has 0 heterocycles. The van der Waals surface area contributed by atoms with E-state index in [2.05, 4.69) is 64.2 Å². The maximum Gasteiger partial charge on any atom is 0.345 e. The first-order chi connectivity index (χ1) is 14.8. The molecule has 2 aromatic carbocycles. The lowest BCUT2D eigenvalue weighted by Gasteiger charge is -2.20. The Morgan fingerprint density at radius 1 is 0.774 bits per heavy atom. The Morgan fingerprint density at radius 2 is 1.32 bits per heavy atom. The fourth-order valence-corrected chi connectivity index (χ4v) is 5.64. The van der Waals surface area contributed by atoms with Crippen molar-refractivity contribution in [1.29, 1.82) is 0 Å². The molecule has 0 saturated heterocycles. The summed E-state index contributed by atoms with van der Waals surface area (Å²) in [6.07, 6.45) is 10.0. The predicted octanol–water partition coefficient (Wildman–Crippen LogP) is 9.67. The van der Waals surface area contributed by atoms with Gasteiger partial charge >= 0.3 is 5.69 Å². The minimum absolute atomic E-state index is 0.501. The molecule has 0 aliphatic carbocycles. The number of unbranched alkanes of at least 4 members (excludes halogenated alkanes) is 4. The van der Waals surface area contributed by atoms with Crippen LogP contribution in [-0.4, -0.2) is 0 Å². The first-order valence-corrected chi connectivity index (χ1v) is 15.6. The molecule has 2 aromatic rings. The zero-order chi connectivity index (χ0) is 22.7.